The first-order valence-electron chi connectivity index (χ1n) is 7.77. The van der Waals surface area contributed by atoms with Crippen molar-refractivity contribution in [3.63, 3.8) is 0 Å². The highest BCUT2D eigenvalue weighted by atomic mass is 32.2. The lowest BCUT2D eigenvalue weighted by Gasteiger charge is -2.07. The average molecular weight is 371 g/mol. The number of nitrogens with one attached hydrogen (secondary N) is 1. The predicted octanol–water partition coefficient (Wildman–Crippen LogP) is 2.06. The van der Waals surface area contributed by atoms with Gasteiger partial charge in [-0.05, 0) is 31.2 Å². The summed E-state index contributed by atoms with van der Waals surface area (Å²) in [6.07, 6.45) is 1.50. The average Bonchev–Trinajstić information content (AvgIpc) is 3.24. The van der Waals surface area contributed by atoms with Gasteiger partial charge in [0.2, 0.25) is 17.6 Å². The molecule has 3 rings (SSSR count). The number of benzene rings is 1. The molecule has 0 aliphatic carbocycles. The van der Waals surface area contributed by atoms with E-state index in [0.717, 1.165) is 11.3 Å². The first-order chi connectivity index (χ1) is 12.5. The predicted molar refractivity (Wildman–Crippen MR) is 97.5 cm³/mol. The number of hydrogen-bond donors (Lipinski definition) is 2. The molecule has 0 aliphatic rings. The molecule has 8 nitrogen and oxygen atoms in total. The molecular weight excluding hydrogens is 354 g/mol. The molecule has 2 aromatic heterocycles. The number of carbonyl (C=O) groups excluding carboxylic acids is 2. The van der Waals surface area contributed by atoms with Crippen LogP contribution in [0, 0.1) is 6.92 Å². The zero-order valence-electron chi connectivity index (χ0n) is 14.0. The van der Waals surface area contributed by atoms with Gasteiger partial charge in [-0.2, -0.15) is 0 Å². The second kappa shape index (κ2) is 7.87. The Morgan fingerprint density at radius 1 is 1.23 bits per heavy atom. The molecule has 0 unspecified atom stereocenters. The quantitative estimate of drug-likeness (QED) is 0.614. The zero-order valence-corrected chi connectivity index (χ0v) is 14.8. The summed E-state index contributed by atoms with van der Waals surface area (Å²) in [5.41, 5.74) is 7.14. The van der Waals surface area contributed by atoms with Crippen LogP contribution in [-0.4, -0.2) is 32.3 Å². The molecule has 2 heterocycles. The molecule has 26 heavy (non-hydrogen) atoms. The van der Waals surface area contributed by atoms with E-state index in [1.54, 1.807) is 12.1 Å². The van der Waals surface area contributed by atoms with E-state index in [0.29, 0.717) is 16.7 Å². The van der Waals surface area contributed by atoms with Crippen molar-refractivity contribution in [3.05, 3.63) is 48.2 Å². The number of carbonyl (C=O) groups is 2. The van der Waals surface area contributed by atoms with Gasteiger partial charge in [-0.3, -0.25) is 14.2 Å². The highest BCUT2D eigenvalue weighted by molar-refractivity contribution is 7.99. The largest absolute Gasteiger partial charge is 0.461 e. The van der Waals surface area contributed by atoms with Crippen molar-refractivity contribution in [3.8, 4) is 11.6 Å². The second-order valence-corrected chi connectivity index (χ2v) is 6.48. The first kappa shape index (κ1) is 17.7. The van der Waals surface area contributed by atoms with E-state index in [9.17, 15) is 9.59 Å². The van der Waals surface area contributed by atoms with Gasteiger partial charge in [-0.15, -0.1) is 10.2 Å². The zero-order chi connectivity index (χ0) is 18.5. The van der Waals surface area contributed by atoms with Gasteiger partial charge >= 0.3 is 0 Å². The lowest BCUT2D eigenvalue weighted by atomic mass is 10.2. The van der Waals surface area contributed by atoms with Crippen molar-refractivity contribution >= 4 is 29.3 Å². The molecule has 0 atom stereocenters. The molecule has 2 amide bonds. The topological polar surface area (TPSA) is 116 Å². The summed E-state index contributed by atoms with van der Waals surface area (Å²) in [4.78, 5) is 23.5. The van der Waals surface area contributed by atoms with Crippen LogP contribution in [0.4, 0.5) is 5.69 Å². The number of amides is 2. The number of primary amides is 1. The Balaban J connectivity index is 1.70. The van der Waals surface area contributed by atoms with Crippen LogP contribution < -0.4 is 11.1 Å². The molecule has 3 N–H and O–H groups in total. The van der Waals surface area contributed by atoms with Gasteiger partial charge in [0.25, 0.3) is 0 Å². The fourth-order valence-electron chi connectivity index (χ4n) is 2.25. The minimum absolute atomic E-state index is 0.106. The molecule has 0 fully saturated rings. The summed E-state index contributed by atoms with van der Waals surface area (Å²) >= 11 is 1.17. The number of aromatic nitrogens is 3. The molecule has 1 aromatic carbocycles. The van der Waals surface area contributed by atoms with Gasteiger partial charge in [0, 0.05) is 5.69 Å². The maximum atomic E-state index is 12.1. The summed E-state index contributed by atoms with van der Waals surface area (Å²) < 4.78 is 6.84. The summed E-state index contributed by atoms with van der Waals surface area (Å²) in [5.74, 6) is 0.240. The minimum Gasteiger partial charge on any atom is -0.461 e. The molecule has 0 radical (unpaired) electrons. The van der Waals surface area contributed by atoms with Crippen LogP contribution in [0.25, 0.3) is 11.6 Å². The highest BCUT2D eigenvalue weighted by Crippen LogP contribution is 2.24. The van der Waals surface area contributed by atoms with E-state index in [2.05, 4.69) is 15.5 Å². The van der Waals surface area contributed by atoms with E-state index in [-0.39, 0.29) is 18.2 Å². The third-order valence-corrected chi connectivity index (χ3v) is 4.41. The number of anilines is 1. The Hall–Kier alpha value is -3.07. The molecule has 0 saturated heterocycles. The van der Waals surface area contributed by atoms with Crippen LogP contribution in [0.15, 0.2) is 52.2 Å². The third-order valence-electron chi connectivity index (χ3n) is 3.44. The lowest BCUT2D eigenvalue weighted by Crippen LogP contribution is -2.20. The number of rotatable bonds is 7. The Morgan fingerprint density at radius 2 is 2.00 bits per heavy atom. The van der Waals surface area contributed by atoms with E-state index in [4.69, 9.17) is 10.2 Å². The number of hydrogen-bond acceptors (Lipinski definition) is 6. The van der Waals surface area contributed by atoms with Crippen LogP contribution in [0.1, 0.15) is 5.56 Å². The van der Waals surface area contributed by atoms with Gasteiger partial charge in [-0.25, -0.2) is 0 Å². The SMILES string of the molecule is Cc1ccc(NC(=O)CSc2nnc(-c3ccco3)n2CC(N)=O)cc1. The molecule has 0 spiro atoms. The van der Waals surface area contributed by atoms with Crippen LogP contribution in [-0.2, 0) is 16.1 Å². The lowest BCUT2D eigenvalue weighted by molar-refractivity contribution is -0.118. The number of thioether (sulfide) groups is 1. The Labute approximate surface area is 153 Å². The third kappa shape index (κ3) is 4.31. The molecule has 3 aromatic rings. The van der Waals surface area contributed by atoms with Gasteiger partial charge in [0.15, 0.2) is 10.9 Å². The number of aryl methyl sites for hydroxylation is 1. The molecular formula is C17H17N5O3S. The Bertz CT molecular complexity index is 903. The van der Waals surface area contributed by atoms with E-state index < -0.39 is 5.91 Å². The standard InChI is InChI=1S/C17H17N5O3S/c1-11-4-6-12(7-5-11)19-15(24)10-26-17-21-20-16(13-3-2-8-25-13)22(17)9-14(18)23/h2-8H,9-10H2,1H3,(H2,18,23)(H,19,24). The second-order valence-electron chi connectivity index (χ2n) is 5.54. The smallest absolute Gasteiger partial charge is 0.237 e. The van der Waals surface area contributed by atoms with Crippen molar-refractivity contribution in [2.75, 3.05) is 11.1 Å². The monoisotopic (exact) mass is 371 g/mol. The number of nitrogens with two attached hydrogens (primary N) is 1. The summed E-state index contributed by atoms with van der Waals surface area (Å²) in [6.45, 7) is 1.87. The van der Waals surface area contributed by atoms with Crippen molar-refractivity contribution < 1.29 is 14.0 Å². The number of furan rings is 1. The maximum Gasteiger partial charge on any atom is 0.237 e. The normalized spacial score (nSPS) is 10.7. The van der Waals surface area contributed by atoms with Crippen LogP contribution in [0.3, 0.4) is 0 Å². The first-order valence-corrected chi connectivity index (χ1v) is 8.76. The van der Waals surface area contributed by atoms with E-state index in [1.807, 2.05) is 31.2 Å². The number of nitrogens with zero attached hydrogens (tertiary/aromatic N) is 3. The van der Waals surface area contributed by atoms with Gasteiger partial charge in [0.05, 0.1) is 12.0 Å². The Kier molecular flexibility index (Phi) is 5.37. The van der Waals surface area contributed by atoms with Crippen LogP contribution >= 0.6 is 11.8 Å². The van der Waals surface area contributed by atoms with Crippen molar-refractivity contribution in [2.24, 2.45) is 5.73 Å². The van der Waals surface area contributed by atoms with Crippen LogP contribution in [0.2, 0.25) is 0 Å². The summed E-state index contributed by atoms with van der Waals surface area (Å²) in [5, 5.41) is 11.3. The highest BCUT2D eigenvalue weighted by Gasteiger charge is 2.18. The molecule has 0 saturated carbocycles. The molecule has 9 heteroatoms. The van der Waals surface area contributed by atoms with Crippen molar-refractivity contribution in [1.82, 2.24) is 14.8 Å². The van der Waals surface area contributed by atoms with Gasteiger partial charge < -0.3 is 15.5 Å². The molecule has 134 valence electrons. The molecule has 0 aliphatic heterocycles. The fourth-order valence-corrected chi connectivity index (χ4v) is 2.98. The van der Waals surface area contributed by atoms with Gasteiger partial charge in [0.1, 0.15) is 6.54 Å². The van der Waals surface area contributed by atoms with E-state index >= 15 is 0 Å². The fraction of sp³-hybridized carbons (Fsp3) is 0.176. The van der Waals surface area contributed by atoms with Gasteiger partial charge in [-0.1, -0.05) is 29.5 Å². The van der Waals surface area contributed by atoms with Crippen molar-refractivity contribution in [2.45, 2.75) is 18.6 Å². The minimum atomic E-state index is -0.538. The van der Waals surface area contributed by atoms with E-state index in [1.165, 1.54) is 22.6 Å². The Morgan fingerprint density at radius 3 is 2.65 bits per heavy atom. The summed E-state index contributed by atoms with van der Waals surface area (Å²) in [7, 11) is 0. The summed E-state index contributed by atoms with van der Waals surface area (Å²) in [6, 6.07) is 10.9. The maximum absolute atomic E-state index is 12.1. The molecule has 0 bridgehead atoms. The van der Waals surface area contributed by atoms with Crippen LogP contribution in [0.5, 0.6) is 0 Å². The van der Waals surface area contributed by atoms with Crippen molar-refractivity contribution in [1.29, 1.82) is 0 Å².